The van der Waals surface area contributed by atoms with E-state index in [2.05, 4.69) is 32.2 Å². The van der Waals surface area contributed by atoms with E-state index in [1.165, 1.54) is 16.7 Å². The standard InChI is InChI=1S/C11H12/c1-4-10-7-6-8-11(5-2)9(10)3/h4-8H,1-2H2,3H3. The van der Waals surface area contributed by atoms with E-state index in [9.17, 15) is 0 Å². The summed E-state index contributed by atoms with van der Waals surface area (Å²) in [5, 5.41) is 0. The van der Waals surface area contributed by atoms with E-state index in [1.54, 1.807) is 0 Å². The molecule has 0 unspecified atom stereocenters. The van der Waals surface area contributed by atoms with Gasteiger partial charge in [-0.05, 0) is 23.6 Å². The van der Waals surface area contributed by atoms with Crippen molar-refractivity contribution in [3.05, 3.63) is 48.0 Å². The number of benzene rings is 1. The minimum atomic E-state index is 1.18. The first kappa shape index (κ1) is 7.80. The van der Waals surface area contributed by atoms with Gasteiger partial charge in [0.15, 0.2) is 0 Å². The maximum absolute atomic E-state index is 3.73. The van der Waals surface area contributed by atoms with Crippen molar-refractivity contribution in [2.24, 2.45) is 0 Å². The van der Waals surface area contributed by atoms with Crippen LogP contribution in [0.1, 0.15) is 16.7 Å². The summed E-state index contributed by atoms with van der Waals surface area (Å²) in [6, 6.07) is 6.12. The van der Waals surface area contributed by atoms with E-state index in [-0.39, 0.29) is 0 Å². The van der Waals surface area contributed by atoms with Crippen LogP contribution in [0, 0.1) is 6.92 Å². The summed E-state index contributed by atoms with van der Waals surface area (Å²) >= 11 is 0. The van der Waals surface area contributed by atoms with Gasteiger partial charge in [0.05, 0.1) is 0 Å². The maximum atomic E-state index is 3.73. The Morgan fingerprint density at radius 1 is 1.09 bits per heavy atom. The van der Waals surface area contributed by atoms with Gasteiger partial charge in [0.1, 0.15) is 0 Å². The van der Waals surface area contributed by atoms with E-state index in [4.69, 9.17) is 0 Å². The lowest BCUT2D eigenvalue weighted by Gasteiger charge is -2.02. The molecule has 0 radical (unpaired) electrons. The average Bonchev–Trinajstić information content (AvgIpc) is 2.05. The molecule has 0 aromatic heterocycles. The van der Waals surface area contributed by atoms with Crippen molar-refractivity contribution in [1.29, 1.82) is 0 Å². The molecule has 0 N–H and O–H groups in total. The normalized spacial score (nSPS) is 9.18. The molecule has 0 spiro atoms. The van der Waals surface area contributed by atoms with Crippen LogP contribution in [0.4, 0.5) is 0 Å². The van der Waals surface area contributed by atoms with Crippen LogP contribution in [0.3, 0.4) is 0 Å². The zero-order valence-electron chi connectivity index (χ0n) is 6.80. The van der Waals surface area contributed by atoms with Crippen molar-refractivity contribution in [1.82, 2.24) is 0 Å². The Kier molecular flexibility index (Phi) is 2.27. The molecule has 11 heavy (non-hydrogen) atoms. The van der Waals surface area contributed by atoms with Crippen molar-refractivity contribution >= 4 is 12.2 Å². The van der Waals surface area contributed by atoms with Gasteiger partial charge in [-0.1, -0.05) is 43.5 Å². The van der Waals surface area contributed by atoms with Crippen LogP contribution in [0.15, 0.2) is 31.4 Å². The molecule has 0 saturated heterocycles. The molecule has 0 fully saturated rings. The van der Waals surface area contributed by atoms with Crippen LogP contribution in [-0.2, 0) is 0 Å². The molecule has 0 atom stereocenters. The van der Waals surface area contributed by atoms with Crippen LogP contribution in [-0.4, -0.2) is 0 Å². The molecular weight excluding hydrogens is 132 g/mol. The first-order chi connectivity index (χ1) is 5.29. The summed E-state index contributed by atoms with van der Waals surface area (Å²) < 4.78 is 0. The van der Waals surface area contributed by atoms with Crippen LogP contribution in [0.25, 0.3) is 12.2 Å². The Morgan fingerprint density at radius 2 is 1.55 bits per heavy atom. The van der Waals surface area contributed by atoms with E-state index in [0.29, 0.717) is 0 Å². The minimum absolute atomic E-state index is 1.18. The molecule has 0 aliphatic heterocycles. The number of hydrogen-bond donors (Lipinski definition) is 0. The lowest BCUT2D eigenvalue weighted by Crippen LogP contribution is -1.83. The van der Waals surface area contributed by atoms with Gasteiger partial charge < -0.3 is 0 Å². The molecule has 0 aliphatic carbocycles. The van der Waals surface area contributed by atoms with Gasteiger partial charge in [-0.25, -0.2) is 0 Å². The second kappa shape index (κ2) is 3.20. The highest BCUT2D eigenvalue weighted by Crippen LogP contribution is 2.15. The summed E-state index contributed by atoms with van der Waals surface area (Å²) in [6.07, 6.45) is 3.73. The third-order valence-corrected chi connectivity index (χ3v) is 1.86. The molecule has 0 nitrogen and oxygen atoms in total. The van der Waals surface area contributed by atoms with Crippen molar-refractivity contribution in [2.75, 3.05) is 0 Å². The minimum Gasteiger partial charge on any atom is -0.0985 e. The second-order valence-corrected chi connectivity index (χ2v) is 2.47. The summed E-state index contributed by atoms with van der Waals surface area (Å²) in [5.41, 5.74) is 3.61. The molecule has 0 heterocycles. The molecule has 56 valence electrons. The lowest BCUT2D eigenvalue weighted by molar-refractivity contribution is 1.42. The van der Waals surface area contributed by atoms with Crippen LogP contribution in [0.2, 0.25) is 0 Å². The van der Waals surface area contributed by atoms with Gasteiger partial charge in [0, 0.05) is 0 Å². The first-order valence-electron chi connectivity index (χ1n) is 3.64. The number of rotatable bonds is 2. The Bertz CT molecular complexity index is 256. The molecule has 1 aromatic rings. The van der Waals surface area contributed by atoms with Crippen LogP contribution in [0.5, 0.6) is 0 Å². The van der Waals surface area contributed by atoms with Gasteiger partial charge >= 0.3 is 0 Å². The Hall–Kier alpha value is -1.30. The van der Waals surface area contributed by atoms with Crippen molar-refractivity contribution < 1.29 is 0 Å². The van der Waals surface area contributed by atoms with E-state index >= 15 is 0 Å². The summed E-state index contributed by atoms with van der Waals surface area (Å²) in [7, 11) is 0. The van der Waals surface area contributed by atoms with Crippen molar-refractivity contribution in [3.8, 4) is 0 Å². The Morgan fingerprint density at radius 3 is 1.91 bits per heavy atom. The highest BCUT2D eigenvalue weighted by molar-refractivity contribution is 5.61. The first-order valence-corrected chi connectivity index (χ1v) is 3.64. The summed E-state index contributed by atoms with van der Waals surface area (Å²) in [6.45, 7) is 9.54. The highest BCUT2D eigenvalue weighted by Gasteiger charge is 1.95. The molecule has 0 heteroatoms. The Labute approximate surface area is 67.9 Å². The third kappa shape index (κ3) is 1.40. The fourth-order valence-corrected chi connectivity index (χ4v) is 1.11. The summed E-state index contributed by atoms with van der Waals surface area (Å²) in [4.78, 5) is 0. The van der Waals surface area contributed by atoms with Gasteiger partial charge in [-0.15, -0.1) is 0 Å². The number of hydrogen-bond acceptors (Lipinski definition) is 0. The molecular formula is C11H12. The zero-order chi connectivity index (χ0) is 8.27. The van der Waals surface area contributed by atoms with E-state index < -0.39 is 0 Å². The van der Waals surface area contributed by atoms with Crippen molar-refractivity contribution in [2.45, 2.75) is 6.92 Å². The molecule has 0 amide bonds. The zero-order valence-corrected chi connectivity index (χ0v) is 6.80. The van der Waals surface area contributed by atoms with Crippen LogP contribution < -0.4 is 0 Å². The second-order valence-electron chi connectivity index (χ2n) is 2.47. The topological polar surface area (TPSA) is 0 Å². The monoisotopic (exact) mass is 144 g/mol. The molecule has 1 aromatic carbocycles. The fourth-order valence-electron chi connectivity index (χ4n) is 1.11. The highest BCUT2D eigenvalue weighted by atomic mass is 14.0. The molecule has 1 rings (SSSR count). The smallest absolute Gasteiger partial charge is 0.0227 e. The average molecular weight is 144 g/mol. The SMILES string of the molecule is C=Cc1cccc(C=C)c1C. The fraction of sp³-hybridized carbons (Fsp3) is 0.0909. The molecule has 0 bridgehead atoms. The predicted octanol–water partition coefficient (Wildman–Crippen LogP) is 3.28. The van der Waals surface area contributed by atoms with E-state index in [1.807, 2.05) is 18.2 Å². The van der Waals surface area contributed by atoms with Gasteiger partial charge in [0.25, 0.3) is 0 Å². The molecule has 0 saturated carbocycles. The van der Waals surface area contributed by atoms with Gasteiger partial charge in [-0.2, -0.15) is 0 Å². The molecule has 0 aliphatic rings. The van der Waals surface area contributed by atoms with Gasteiger partial charge in [-0.3, -0.25) is 0 Å². The van der Waals surface area contributed by atoms with E-state index in [0.717, 1.165) is 0 Å². The van der Waals surface area contributed by atoms with Gasteiger partial charge in [0.2, 0.25) is 0 Å². The Balaban J connectivity index is 3.30. The summed E-state index contributed by atoms with van der Waals surface area (Å²) in [5.74, 6) is 0. The van der Waals surface area contributed by atoms with Crippen molar-refractivity contribution in [3.63, 3.8) is 0 Å². The maximum Gasteiger partial charge on any atom is -0.0227 e. The predicted molar refractivity (Wildman–Crippen MR) is 51.4 cm³/mol. The third-order valence-electron chi connectivity index (χ3n) is 1.86. The lowest BCUT2D eigenvalue weighted by atomic mass is 10.0. The quantitative estimate of drug-likeness (QED) is 0.597. The largest absolute Gasteiger partial charge is 0.0985 e. The van der Waals surface area contributed by atoms with Crippen LogP contribution >= 0.6 is 0 Å².